The maximum Gasteiger partial charge on any atom is 0.150 e. The van der Waals surface area contributed by atoms with E-state index in [9.17, 15) is 0 Å². The van der Waals surface area contributed by atoms with Gasteiger partial charge in [-0.25, -0.2) is 9.97 Å². The van der Waals surface area contributed by atoms with E-state index in [1.54, 1.807) is 0 Å². The number of ether oxygens (including phenoxy) is 2. The zero-order valence-electron chi connectivity index (χ0n) is 20.2. The van der Waals surface area contributed by atoms with Crippen LogP contribution in [0.4, 0.5) is 5.82 Å². The number of rotatable bonds is 8. The summed E-state index contributed by atoms with van der Waals surface area (Å²) in [5.41, 5.74) is 13.2. The minimum absolute atomic E-state index is 0.425. The summed E-state index contributed by atoms with van der Waals surface area (Å²) in [7, 11) is 0. The first-order chi connectivity index (χ1) is 17.5. The standard InChI is InChI=1S/C29H27ClN4O2/c1-19-13-22(14-20(2)27(19)36-17-21-7-4-3-5-8-21)25-16-34(29-26(25)28(31)32-18-33-29)23-9-6-10-24(15-23)35-12-11-30/h3-10,13-16,18H,11-12,17H2,1-2H3,(H2,31,32,33). The van der Waals surface area contributed by atoms with Crippen LogP contribution in [-0.2, 0) is 6.61 Å². The molecule has 2 aromatic heterocycles. The fourth-order valence-electron chi connectivity index (χ4n) is 4.44. The molecule has 2 heterocycles. The molecule has 0 radical (unpaired) electrons. The van der Waals surface area contributed by atoms with Gasteiger partial charge in [-0.05, 0) is 60.4 Å². The number of hydrogen-bond acceptors (Lipinski definition) is 5. The Morgan fingerprint density at radius 2 is 1.69 bits per heavy atom. The Hall–Kier alpha value is -4.03. The van der Waals surface area contributed by atoms with E-state index in [4.69, 9.17) is 26.8 Å². The van der Waals surface area contributed by atoms with Gasteiger partial charge in [0.25, 0.3) is 0 Å². The molecular weight excluding hydrogens is 472 g/mol. The van der Waals surface area contributed by atoms with E-state index in [1.165, 1.54) is 6.33 Å². The smallest absolute Gasteiger partial charge is 0.150 e. The second-order valence-electron chi connectivity index (χ2n) is 8.62. The third kappa shape index (κ3) is 4.72. The van der Waals surface area contributed by atoms with Crippen LogP contribution in [0.3, 0.4) is 0 Å². The maximum absolute atomic E-state index is 6.37. The Bertz CT molecular complexity index is 1490. The van der Waals surface area contributed by atoms with E-state index in [0.29, 0.717) is 24.9 Å². The molecule has 0 atom stereocenters. The lowest BCUT2D eigenvalue weighted by Crippen LogP contribution is -2.00. The molecule has 0 unspecified atom stereocenters. The maximum atomic E-state index is 6.37. The van der Waals surface area contributed by atoms with E-state index >= 15 is 0 Å². The van der Waals surface area contributed by atoms with Crippen molar-refractivity contribution in [3.05, 3.63) is 95.9 Å². The summed E-state index contributed by atoms with van der Waals surface area (Å²) in [6, 6.07) is 22.2. The molecule has 0 saturated carbocycles. The highest BCUT2D eigenvalue weighted by Crippen LogP contribution is 2.38. The van der Waals surface area contributed by atoms with Gasteiger partial charge in [-0.2, -0.15) is 0 Å². The lowest BCUT2D eigenvalue weighted by Gasteiger charge is -2.14. The minimum Gasteiger partial charge on any atom is -0.492 e. The van der Waals surface area contributed by atoms with Gasteiger partial charge in [0.05, 0.1) is 17.0 Å². The number of alkyl halides is 1. The zero-order chi connectivity index (χ0) is 25.1. The number of fused-ring (bicyclic) bond motifs is 1. The van der Waals surface area contributed by atoms with Crippen LogP contribution in [0.5, 0.6) is 11.5 Å². The third-order valence-electron chi connectivity index (χ3n) is 6.05. The van der Waals surface area contributed by atoms with Crippen molar-refractivity contribution in [2.45, 2.75) is 20.5 Å². The monoisotopic (exact) mass is 498 g/mol. The van der Waals surface area contributed by atoms with Crippen molar-refractivity contribution in [3.8, 4) is 28.3 Å². The number of aryl methyl sites for hydroxylation is 2. The van der Waals surface area contributed by atoms with Gasteiger partial charge in [0.15, 0.2) is 5.65 Å². The fraction of sp³-hybridized carbons (Fsp3) is 0.172. The minimum atomic E-state index is 0.425. The molecule has 182 valence electrons. The number of halogens is 1. The fourth-order valence-corrected chi connectivity index (χ4v) is 4.52. The van der Waals surface area contributed by atoms with Crippen molar-refractivity contribution in [1.82, 2.24) is 14.5 Å². The summed E-state index contributed by atoms with van der Waals surface area (Å²) < 4.78 is 13.9. The largest absolute Gasteiger partial charge is 0.492 e. The first kappa shape index (κ1) is 23.7. The second-order valence-corrected chi connectivity index (χ2v) is 9.00. The van der Waals surface area contributed by atoms with Gasteiger partial charge >= 0.3 is 0 Å². The van der Waals surface area contributed by atoms with Gasteiger partial charge in [0.2, 0.25) is 0 Å². The molecular formula is C29H27ClN4O2. The van der Waals surface area contributed by atoms with Crippen molar-refractivity contribution >= 4 is 28.5 Å². The van der Waals surface area contributed by atoms with Crippen LogP contribution in [0.15, 0.2) is 79.3 Å². The summed E-state index contributed by atoms with van der Waals surface area (Å²) in [6.45, 7) is 5.08. The van der Waals surface area contributed by atoms with Crippen LogP contribution < -0.4 is 15.2 Å². The Kier molecular flexibility index (Phi) is 6.78. The molecule has 0 aliphatic heterocycles. The van der Waals surface area contributed by atoms with Gasteiger partial charge in [-0.3, -0.25) is 0 Å². The molecule has 2 N–H and O–H groups in total. The van der Waals surface area contributed by atoms with Crippen LogP contribution in [0.1, 0.15) is 16.7 Å². The lowest BCUT2D eigenvalue weighted by molar-refractivity contribution is 0.302. The average Bonchev–Trinajstić information content (AvgIpc) is 3.29. The topological polar surface area (TPSA) is 75.2 Å². The van der Waals surface area contributed by atoms with Crippen molar-refractivity contribution < 1.29 is 9.47 Å². The first-order valence-electron chi connectivity index (χ1n) is 11.7. The third-order valence-corrected chi connectivity index (χ3v) is 6.21. The molecule has 0 bridgehead atoms. The summed E-state index contributed by atoms with van der Waals surface area (Å²) in [6.07, 6.45) is 3.54. The van der Waals surface area contributed by atoms with E-state index < -0.39 is 0 Å². The Morgan fingerprint density at radius 1 is 0.917 bits per heavy atom. The molecule has 0 aliphatic rings. The molecule has 0 saturated heterocycles. The van der Waals surface area contributed by atoms with Gasteiger partial charge in [-0.15, -0.1) is 11.6 Å². The second kappa shape index (κ2) is 10.3. The van der Waals surface area contributed by atoms with Crippen LogP contribution in [0, 0.1) is 13.8 Å². The highest BCUT2D eigenvalue weighted by atomic mass is 35.5. The molecule has 0 fully saturated rings. The molecule has 3 aromatic carbocycles. The van der Waals surface area contributed by atoms with Crippen molar-refractivity contribution in [1.29, 1.82) is 0 Å². The SMILES string of the molecule is Cc1cc(-c2cn(-c3cccc(OCCCl)c3)c3ncnc(N)c23)cc(C)c1OCc1ccccc1. The average molecular weight is 499 g/mol. The molecule has 6 nitrogen and oxygen atoms in total. The molecule has 0 aliphatic carbocycles. The number of aromatic nitrogens is 3. The number of benzene rings is 3. The van der Waals surface area contributed by atoms with Crippen molar-refractivity contribution in [2.75, 3.05) is 18.2 Å². The number of nitrogens with zero attached hydrogens (tertiary/aromatic N) is 3. The van der Waals surface area contributed by atoms with E-state index in [-0.39, 0.29) is 0 Å². The van der Waals surface area contributed by atoms with Gasteiger partial charge in [0, 0.05) is 17.8 Å². The highest BCUT2D eigenvalue weighted by molar-refractivity contribution is 6.18. The van der Waals surface area contributed by atoms with E-state index in [2.05, 4.69) is 54.3 Å². The van der Waals surface area contributed by atoms with Gasteiger partial charge in [0.1, 0.15) is 36.9 Å². The molecule has 7 heteroatoms. The first-order valence-corrected chi connectivity index (χ1v) is 12.3. The van der Waals surface area contributed by atoms with Crippen LogP contribution in [0.25, 0.3) is 27.8 Å². The van der Waals surface area contributed by atoms with E-state index in [0.717, 1.165) is 56.0 Å². The Labute approximate surface area is 215 Å². The Morgan fingerprint density at radius 3 is 2.44 bits per heavy atom. The number of nitrogen functional groups attached to an aromatic ring is 1. The quantitative estimate of drug-likeness (QED) is 0.248. The number of nitrogens with two attached hydrogens (primary N) is 1. The van der Waals surface area contributed by atoms with Crippen LogP contribution in [0.2, 0.25) is 0 Å². The lowest BCUT2D eigenvalue weighted by atomic mass is 10.00. The molecule has 5 aromatic rings. The number of anilines is 1. The zero-order valence-corrected chi connectivity index (χ0v) is 21.0. The normalized spacial score (nSPS) is 11.1. The molecule has 0 amide bonds. The predicted molar refractivity (Wildman–Crippen MR) is 145 cm³/mol. The Balaban J connectivity index is 1.56. The molecule has 5 rings (SSSR count). The van der Waals surface area contributed by atoms with Gasteiger partial charge < -0.3 is 19.8 Å². The molecule has 0 spiro atoms. The van der Waals surface area contributed by atoms with Gasteiger partial charge in [-0.1, -0.05) is 36.4 Å². The molecule has 36 heavy (non-hydrogen) atoms. The summed E-state index contributed by atoms with van der Waals surface area (Å²) in [5, 5.41) is 0.807. The van der Waals surface area contributed by atoms with Crippen LogP contribution >= 0.6 is 11.6 Å². The summed E-state index contributed by atoms with van der Waals surface area (Å²) in [5.74, 6) is 2.49. The van der Waals surface area contributed by atoms with Crippen molar-refractivity contribution in [2.24, 2.45) is 0 Å². The summed E-state index contributed by atoms with van der Waals surface area (Å²) in [4.78, 5) is 8.84. The number of hydrogen-bond donors (Lipinski definition) is 1. The van der Waals surface area contributed by atoms with Crippen molar-refractivity contribution in [3.63, 3.8) is 0 Å². The van der Waals surface area contributed by atoms with E-state index in [1.807, 2.05) is 47.0 Å². The van der Waals surface area contributed by atoms with Crippen LogP contribution in [-0.4, -0.2) is 27.0 Å². The summed E-state index contributed by atoms with van der Waals surface area (Å²) >= 11 is 5.79. The highest BCUT2D eigenvalue weighted by Gasteiger charge is 2.18. The predicted octanol–water partition coefficient (Wildman–Crippen LogP) is 6.48.